The number of benzene rings is 8. The summed E-state index contributed by atoms with van der Waals surface area (Å²) in [6.07, 6.45) is 1.96. The quantitative estimate of drug-likeness (QED) is 0.156. The zero-order chi connectivity index (χ0) is 44.8. The Bertz CT molecular complexity index is 3860. The van der Waals surface area contributed by atoms with E-state index >= 15 is 0 Å². The Morgan fingerprint density at radius 3 is 2.04 bits per heavy atom. The molecule has 0 unspecified atom stereocenters. The first kappa shape index (κ1) is 42.3. The smallest absolute Gasteiger partial charge is 0.656 e. The van der Waals surface area contributed by atoms with Crippen molar-refractivity contribution in [3.63, 3.8) is 0 Å². The molecular formula is C61H47N5Pt. The maximum absolute atomic E-state index is 5.60. The maximum atomic E-state index is 5.60. The number of rotatable bonds is 6. The van der Waals surface area contributed by atoms with Crippen LogP contribution in [-0.4, -0.2) is 19.1 Å². The third-order valence-electron chi connectivity index (χ3n) is 13.4. The third-order valence-corrected chi connectivity index (χ3v) is 13.4. The van der Waals surface area contributed by atoms with Gasteiger partial charge < -0.3 is 9.55 Å². The molecule has 8 aromatic carbocycles. The average molecular weight is 1050 g/mol. The zero-order valence-corrected chi connectivity index (χ0v) is 40.6. The largest absolute Gasteiger partial charge is 2.00 e. The molecule has 0 spiro atoms. The van der Waals surface area contributed by atoms with E-state index in [1.807, 2.05) is 6.20 Å². The molecule has 12 aromatic rings. The number of hydrogen-bond acceptors (Lipinski definition) is 2. The van der Waals surface area contributed by atoms with Gasteiger partial charge in [0.05, 0.1) is 11.0 Å². The van der Waals surface area contributed by atoms with Gasteiger partial charge in [0, 0.05) is 23.0 Å². The summed E-state index contributed by atoms with van der Waals surface area (Å²) in [5.41, 5.74) is 19.5. The zero-order valence-electron chi connectivity index (χ0n) is 38.3. The van der Waals surface area contributed by atoms with E-state index in [2.05, 4.69) is 227 Å². The molecule has 67 heavy (non-hydrogen) atoms. The summed E-state index contributed by atoms with van der Waals surface area (Å²) in [5, 5.41) is 4.56. The van der Waals surface area contributed by atoms with Gasteiger partial charge in [0.25, 0.3) is 0 Å². The summed E-state index contributed by atoms with van der Waals surface area (Å²) in [6, 6.07) is 64.9. The summed E-state index contributed by atoms with van der Waals surface area (Å²) >= 11 is 0. The van der Waals surface area contributed by atoms with Crippen molar-refractivity contribution in [2.45, 2.75) is 47.0 Å². The van der Waals surface area contributed by atoms with Crippen LogP contribution in [0.5, 0.6) is 0 Å². The molecule has 6 heteroatoms. The summed E-state index contributed by atoms with van der Waals surface area (Å²) in [6.45, 7) is 13.5. The van der Waals surface area contributed by atoms with E-state index in [4.69, 9.17) is 15.0 Å². The molecule has 0 amide bonds. The Labute approximate surface area is 405 Å². The van der Waals surface area contributed by atoms with Crippen LogP contribution in [0.15, 0.2) is 176 Å². The number of pyridine rings is 1. The van der Waals surface area contributed by atoms with E-state index in [1.54, 1.807) is 0 Å². The minimum atomic E-state index is -0.112. The van der Waals surface area contributed by atoms with Crippen LogP contribution in [0.25, 0.3) is 111 Å². The Hall–Kier alpha value is -7.33. The second-order valence-electron chi connectivity index (χ2n) is 18.8. The van der Waals surface area contributed by atoms with Crippen LogP contribution in [0.3, 0.4) is 0 Å². The number of nitrogens with zero attached hydrogens (tertiary/aromatic N) is 5. The third kappa shape index (κ3) is 6.95. The molecule has 5 nitrogen and oxygen atoms in total. The van der Waals surface area contributed by atoms with Crippen LogP contribution < -0.4 is 4.98 Å². The van der Waals surface area contributed by atoms with Crippen molar-refractivity contribution < 1.29 is 21.1 Å². The van der Waals surface area contributed by atoms with Gasteiger partial charge in [-0.3, -0.25) is 4.57 Å². The monoisotopic (exact) mass is 1040 g/mol. The standard InChI is InChI=1S/C61H47N5.Pt/c1-37-31-38(2)56(39(3)32-37)42-29-30-62-55(34-42)66-53-33-41(27-28-48(53)57-50(40-17-9-7-10-18-40)35-43(36-54(57)66)61(4,5)6)45-22-16-26-52-59(45)64-60(65(52)44-19-11-8-12-20-44)49-24-15-23-47-46-21-13-14-25-51(46)63-58(47)49;/h7-32,34-36H,1-6H3;/q-2;+2. The van der Waals surface area contributed by atoms with Gasteiger partial charge >= 0.3 is 21.1 Å². The minimum absolute atomic E-state index is 0. The second-order valence-corrected chi connectivity index (χ2v) is 18.8. The van der Waals surface area contributed by atoms with Crippen molar-refractivity contribution in [3.8, 4) is 56.3 Å². The second kappa shape index (κ2) is 16.2. The molecule has 0 N–H and O–H groups in total. The minimum Gasteiger partial charge on any atom is -0.656 e. The fourth-order valence-electron chi connectivity index (χ4n) is 10.4. The molecule has 0 aliphatic heterocycles. The van der Waals surface area contributed by atoms with Crippen LogP contribution in [0, 0.1) is 26.8 Å². The molecule has 4 aromatic heterocycles. The van der Waals surface area contributed by atoms with Crippen LogP contribution in [0.2, 0.25) is 0 Å². The van der Waals surface area contributed by atoms with Crippen LogP contribution in [0.1, 0.15) is 43.0 Å². The first-order valence-corrected chi connectivity index (χ1v) is 22.8. The molecule has 12 rings (SSSR count). The topological polar surface area (TPSA) is 49.7 Å². The van der Waals surface area contributed by atoms with E-state index < -0.39 is 0 Å². The maximum Gasteiger partial charge on any atom is 2.00 e. The van der Waals surface area contributed by atoms with E-state index in [1.165, 1.54) is 44.3 Å². The van der Waals surface area contributed by atoms with E-state index in [0.717, 1.165) is 88.8 Å². The first-order valence-electron chi connectivity index (χ1n) is 22.8. The summed E-state index contributed by atoms with van der Waals surface area (Å²) in [4.78, 5) is 16.0. The van der Waals surface area contributed by atoms with Crippen LogP contribution in [-0.2, 0) is 26.5 Å². The Kier molecular flexibility index (Phi) is 10.2. The van der Waals surface area contributed by atoms with Crippen LogP contribution in [0.4, 0.5) is 0 Å². The molecule has 0 saturated carbocycles. The van der Waals surface area contributed by atoms with Crippen molar-refractivity contribution in [3.05, 3.63) is 204 Å². The predicted molar refractivity (Wildman–Crippen MR) is 275 cm³/mol. The SMILES string of the molecule is Cc1cc(C)c(-c2ccnc(-n3c4[c-]c(-c5cccc6c5nc(-c5cccc7c5[n-]c5ccccc57)n6-c5ccccc5)ccc4c4c(-c5ccccc5)cc(C(C)(C)C)cc43)c2)c(C)c1.[Pt+2]. The van der Waals surface area contributed by atoms with Crippen molar-refractivity contribution in [2.24, 2.45) is 0 Å². The molecule has 326 valence electrons. The average Bonchev–Trinajstić information content (AvgIpc) is 4.01. The van der Waals surface area contributed by atoms with Gasteiger partial charge in [-0.1, -0.05) is 159 Å². The number of imidazole rings is 1. The fraction of sp³-hybridized carbons (Fsp3) is 0.115. The molecule has 0 atom stereocenters. The van der Waals surface area contributed by atoms with Crippen molar-refractivity contribution >= 4 is 54.6 Å². The Balaban J connectivity index is 0.00000494. The van der Waals surface area contributed by atoms with Crippen LogP contribution >= 0.6 is 0 Å². The number of fused-ring (bicyclic) bond motifs is 7. The van der Waals surface area contributed by atoms with E-state index in [-0.39, 0.29) is 26.5 Å². The van der Waals surface area contributed by atoms with Crippen molar-refractivity contribution in [2.75, 3.05) is 0 Å². The molecule has 4 heterocycles. The summed E-state index contributed by atoms with van der Waals surface area (Å²) < 4.78 is 4.63. The molecule has 0 saturated heterocycles. The Morgan fingerprint density at radius 2 is 1.27 bits per heavy atom. The Morgan fingerprint density at radius 1 is 0.567 bits per heavy atom. The molecule has 0 radical (unpaired) electrons. The summed E-state index contributed by atoms with van der Waals surface area (Å²) in [7, 11) is 0. The van der Waals surface area contributed by atoms with E-state index in [9.17, 15) is 0 Å². The molecule has 0 aliphatic carbocycles. The van der Waals surface area contributed by atoms with Gasteiger partial charge in [-0.15, -0.1) is 34.8 Å². The van der Waals surface area contributed by atoms with Crippen molar-refractivity contribution in [1.29, 1.82) is 0 Å². The normalized spacial score (nSPS) is 11.9. The van der Waals surface area contributed by atoms with Gasteiger partial charge in [0.2, 0.25) is 0 Å². The van der Waals surface area contributed by atoms with E-state index in [0.29, 0.717) is 0 Å². The summed E-state index contributed by atoms with van der Waals surface area (Å²) in [5.74, 6) is 1.69. The van der Waals surface area contributed by atoms with Crippen molar-refractivity contribution in [1.82, 2.24) is 24.1 Å². The van der Waals surface area contributed by atoms with Gasteiger partial charge in [0.15, 0.2) is 0 Å². The molecule has 0 fully saturated rings. The first-order chi connectivity index (χ1) is 32.1. The number of para-hydroxylation sites is 4. The molecule has 0 aliphatic rings. The number of aryl methyl sites for hydroxylation is 3. The molecular weight excluding hydrogens is 998 g/mol. The number of aromatic nitrogens is 5. The van der Waals surface area contributed by atoms with Gasteiger partial charge in [0.1, 0.15) is 11.6 Å². The van der Waals surface area contributed by atoms with Gasteiger partial charge in [-0.2, -0.15) is 0 Å². The van der Waals surface area contributed by atoms with Gasteiger partial charge in [-0.05, 0) is 123 Å². The fourth-order valence-corrected chi connectivity index (χ4v) is 10.4. The predicted octanol–water partition coefficient (Wildman–Crippen LogP) is 15.5. The van der Waals surface area contributed by atoms with Gasteiger partial charge in [-0.25, -0.2) is 9.97 Å². The number of hydrogen-bond donors (Lipinski definition) is 0. The molecule has 0 bridgehead atoms.